The van der Waals surface area contributed by atoms with Crippen LogP contribution in [0.3, 0.4) is 0 Å². The van der Waals surface area contributed by atoms with Gasteiger partial charge in [-0.3, -0.25) is 9.48 Å². The maximum Gasteiger partial charge on any atom is 0.337 e. The normalized spacial score (nSPS) is 10.4. The fourth-order valence-electron chi connectivity index (χ4n) is 2.38. The van der Waals surface area contributed by atoms with E-state index in [1.54, 1.807) is 35.1 Å². The Bertz CT molecular complexity index is 935. The van der Waals surface area contributed by atoms with Crippen molar-refractivity contribution in [2.45, 2.75) is 6.54 Å². The van der Waals surface area contributed by atoms with Gasteiger partial charge in [0.1, 0.15) is 0 Å². The van der Waals surface area contributed by atoms with E-state index in [-0.39, 0.29) is 5.91 Å². The van der Waals surface area contributed by atoms with Crippen molar-refractivity contribution in [1.82, 2.24) is 9.78 Å². The molecule has 7 heteroatoms. The zero-order valence-corrected chi connectivity index (χ0v) is 14.7. The Morgan fingerprint density at radius 2 is 1.85 bits per heavy atom. The molecule has 1 N–H and O–H groups in total. The molecule has 0 fully saturated rings. The third-order valence-corrected chi connectivity index (χ3v) is 4.12. The fourth-order valence-corrected chi connectivity index (χ4v) is 2.57. The molecule has 132 valence electrons. The van der Waals surface area contributed by atoms with E-state index in [4.69, 9.17) is 11.6 Å². The molecule has 0 bridgehead atoms. The summed E-state index contributed by atoms with van der Waals surface area (Å²) in [6, 6.07) is 13.9. The number of benzene rings is 2. The molecule has 0 atom stereocenters. The van der Waals surface area contributed by atoms with Crippen LogP contribution in [-0.4, -0.2) is 28.8 Å². The number of esters is 1. The second kappa shape index (κ2) is 7.84. The van der Waals surface area contributed by atoms with Crippen molar-refractivity contribution in [3.8, 4) is 0 Å². The summed E-state index contributed by atoms with van der Waals surface area (Å²) in [7, 11) is 1.32. The zero-order chi connectivity index (χ0) is 18.5. The lowest BCUT2D eigenvalue weighted by Gasteiger charge is -2.05. The molecular formula is C19H16ClN3O3. The molecule has 26 heavy (non-hydrogen) atoms. The van der Waals surface area contributed by atoms with Crippen LogP contribution in [0.15, 0.2) is 60.9 Å². The van der Waals surface area contributed by atoms with Crippen molar-refractivity contribution in [2.75, 3.05) is 12.4 Å². The van der Waals surface area contributed by atoms with Gasteiger partial charge in [0.25, 0.3) is 5.91 Å². The molecule has 1 heterocycles. The van der Waals surface area contributed by atoms with Crippen molar-refractivity contribution in [3.63, 3.8) is 0 Å². The number of methoxy groups -OCH3 is 1. The van der Waals surface area contributed by atoms with Gasteiger partial charge in [0.05, 0.1) is 31.0 Å². The second-order valence-electron chi connectivity index (χ2n) is 5.54. The number of anilines is 1. The van der Waals surface area contributed by atoms with E-state index in [9.17, 15) is 9.59 Å². The second-order valence-corrected chi connectivity index (χ2v) is 5.95. The van der Waals surface area contributed by atoms with E-state index in [0.29, 0.717) is 28.4 Å². The molecule has 0 aliphatic heterocycles. The summed E-state index contributed by atoms with van der Waals surface area (Å²) in [6.45, 7) is 0.473. The summed E-state index contributed by atoms with van der Waals surface area (Å²) < 4.78 is 6.29. The molecule has 1 amide bonds. The number of aromatic nitrogens is 2. The van der Waals surface area contributed by atoms with Crippen molar-refractivity contribution < 1.29 is 14.3 Å². The van der Waals surface area contributed by atoms with Gasteiger partial charge in [-0.2, -0.15) is 5.10 Å². The summed E-state index contributed by atoms with van der Waals surface area (Å²) in [4.78, 5) is 23.8. The highest BCUT2D eigenvalue weighted by atomic mass is 35.5. The number of rotatable bonds is 5. The highest BCUT2D eigenvalue weighted by Crippen LogP contribution is 2.16. The first-order valence-corrected chi connectivity index (χ1v) is 8.20. The molecule has 2 aromatic carbocycles. The molecule has 0 radical (unpaired) electrons. The van der Waals surface area contributed by atoms with Gasteiger partial charge in [-0.05, 0) is 35.9 Å². The quantitative estimate of drug-likeness (QED) is 0.697. The molecule has 0 saturated carbocycles. The topological polar surface area (TPSA) is 73.2 Å². The number of hydrogen-bond donors (Lipinski definition) is 1. The minimum atomic E-state index is -0.427. The van der Waals surface area contributed by atoms with Crippen molar-refractivity contribution in [2.24, 2.45) is 0 Å². The van der Waals surface area contributed by atoms with E-state index in [1.165, 1.54) is 13.3 Å². The van der Waals surface area contributed by atoms with E-state index < -0.39 is 5.97 Å². The summed E-state index contributed by atoms with van der Waals surface area (Å²) in [5, 5.41) is 7.61. The Kier molecular flexibility index (Phi) is 5.34. The van der Waals surface area contributed by atoms with Crippen molar-refractivity contribution in [1.29, 1.82) is 0 Å². The minimum Gasteiger partial charge on any atom is -0.465 e. The number of nitrogens with one attached hydrogen (secondary N) is 1. The van der Waals surface area contributed by atoms with E-state index in [0.717, 1.165) is 5.56 Å². The van der Waals surface area contributed by atoms with Gasteiger partial charge in [-0.25, -0.2) is 4.79 Å². The van der Waals surface area contributed by atoms with Gasteiger partial charge < -0.3 is 10.1 Å². The van der Waals surface area contributed by atoms with Gasteiger partial charge in [0, 0.05) is 16.9 Å². The largest absolute Gasteiger partial charge is 0.465 e. The maximum absolute atomic E-state index is 12.3. The van der Waals surface area contributed by atoms with Crippen LogP contribution < -0.4 is 5.32 Å². The summed E-state index contributed by atoms with van der Waals surface area (Å²) in [5.41, 5.74) is 2.33. The number of nitrogens with zero attached hydrogens (tertiary/aromatic N) is 2. The lowest BCUT2D eigenvalue weighted by atomic mass is 10.2. The Morgan fingerprint density at radius 1 is 1.12 bits per heavy atom. The Labute approximate surface area is 155 Å². The van der Waals surface area contributed by atoms with Crippen molar-refractivity contribution >= 4 is 29.2 Å². The van der Waals surface area contributed by atoms with E-state index >= 15 is 0 Å². The Hall–Kier alpha value is -3.12. The molecule has 3 rings (SSSR count). The first kappa shape index (κ1) is 17.7. The number of carbonyl (C=O) groups excluding carboxylic acids is 2. The SMILES string of the molecule is COC(=O)c1ccc(NC(=O)c2cnn(Cc3ccccc3Cl)c2)cc1. The average molecular weight is 370 g/mol. The van der Waals surface area contributed by atoms with Crippen LogP contribution in [0.25, 0.3) is 0 Å². The monoisotopic (exact) mass is 369 g/mol. The van der Waals surface area contributed by atoms with Gasteiger partial charge in [-0.15, -0.1) is 0 Å². The smallest absolute Gasteiger partial charge is 0.337 e. The molecule has 1 aromatic heterocycles. The van der Waals surface area contributed by atoms with Gasteiger partial charge in [-0.1, -0.05) is 29.8 Å². The maximum atomic E-state index is 12.3. The summed E-state index contributed by atoms with van der Waals surface area (Å²) in [5.74, 6) is -0.718. The van der Waals surface area contributed by atoms with Crippen LogP contribution in [0.1, 0.15) is 26.3 Å². The lowest BCUT2D eigenvalue weighted by Crippen LogP contribution is -2.11. The van der Waals surface area contributed by atoms with Gasteiger partial charge in [0.15, 0.2) is 0 Å². The lowest BCUT2D eigenvalue weighted by molar-refractivity contribution is 0.0600. The number of hydrogen-bond acceptors (Lipinski definition) is 4. The predicted octanol–water partition coefficient (Wildman–Crippen LogP) is 3.62. The minimum absolute atomic E-state index is 0.291. The van der Waals surface area contributed by atoms with E-state index in [1.807, 2.05) is 24.3 Å². The molecule has 0 saturated heterocycles. The standard InChI is InChI=1S/C19H16ClN3O3/c1-26-19(25)13-6-8-16(9-7-13)22-18(24)15-10-21-23(12-15)11-14-4-2-3-5-17(14)20/h2-10,12H,11H2,1H3,(H,22,24). The molecule has 0 aliphatic rings. The molecule has 3 aromatic rings. The molecule has 0 unspecified atom stereocenters. The van der Waals surface area contributed by atoms with Crippen LogP contribution in [0.4, 0.5) is 5.69 Å². The number of ether oxygens (including phenoxy) is 1. The third-order valence-electron chi connectivity index (χ3n) is 3.75. The first-order valence-electron chi connectivity index (χ1n) is 7.82. The van der Waals surface area contributed by atoms with Gasteiger partial charge >= 0.3 is 5.97 Å². The fraction of sp³-hybridized carbons (Fsp3) is 0.105. The summed E-state index contributed by atoms with van der Waals surface area (Å²) >= 11 is 6.14. The zero-order valence-electron chi connectivity index (χ0n) is 14.0. The average Bonchev–Trinajstić information content (AvgIpc) is 3.12. The highest BCUT2D eigenvalue weighted by molar-refractivity contribution is 6.31. The first-order chi connectivity index (χ1) is 12.6. The van der Waals surface area contributed by atoms with Crippen LogP contribution in [0.2, 0.25) is 5.02 Å². The molecule has 0 aliphatic carbocycles. The molecule has 0 spiro atoms. The van der Waals surface area contributed by atoms with Crippen LogP contribution in [0.5, 0.6) is 0 Å². The van der Waals surface area contributed by atoms with Crippen LogP contribution in [-0.2, 0) is 11.3 Å². The van der Waals surface area contributed by atoms with Crippen molar-refractivity contribution in [3.05, 3.63) is 82.6 Å². The van der Waals surface area contributed by atoms with Gasteiger partial charge in [0.2, 0.25) is 0 Å². The molecule has 6 nitrogen and oxygen atoms in total. The Morgan fingerprint density at radius 3 is 2.54 bits per heavy atom. The highest BCUT2D eigenvalue weighted by Gasteiger charge is 2.11. The number of carbonyl (C=O) groups is 2. The van der Waals surface area contributed by atoms with Crippen LogP contribution >= 0.6 is 11.6 Å². The summed E-state index contributed by atoms with van der Waals surface area (Å²) in [6.07, 6.45) is 3.15. The van der Waals surface area contributed by atoms with Crippen LogP contribution in [0, 0.1) is 0 Å². The number of amides is 1. The van der Waals surface area contributed by atoms with E-state index in [2.05, 4.69) is 15.2 Å². The number of halogens is 1. The molecular weight excluding hydrogens is 354 g/mol. The predicted molar refractivity (Wildman–Crippen MR) is 98.5 cm³/mol. The Balaban J connectivity index is 1.66. The third kappa shape index (κ3) is 4.10.